The summed E-state index contributed by atoms with van der Waals surface area (Å²) in [6.45, 7) is 3.08. The van der Waals surface area contributed by atoms with Gasteiger partial charge in [-0.1, -0.05) is 6.92 Å². The smallest absolute Gasteiger partial charge is 0.261 e. The summed E-state index contributed by atoms with van der Waals surface area (Å²) < 4.78 is 56.8. The van der Waals surface area contributed by atoms with E-state index in [2.05, 4.69) is 10.0 Å². The van der Waals surface area contributed by atoms with Gasteiger partial charge in [-0.05, 0) is 48.4 Å². The van der Waals surface area contributed by atoms with E-state index in [1.807, 2.05) is 6.92 Å². The fraction of sp³-hybridized carbons (Fsp3) is 0.294. The van der Waals surface area contributed by atoms with Crippen LogP contribution in [0.4, 0.5) is 11.4 Å². The number of primary sulfonamides is 1. The highest BCUT2D eigenvalue weighted by atomic mass is 32.2. The Kier molecular flexibility index (Phi) is 5.31. The van der Waals surface area contributed by atoms with Crippen molar-refractivity contribution in [1.82, 2.24) is 0 Å². The first-order valence-electron chi connectivity index (χ1n) is 8.40. The summed E-state index contributed by atoms with van der Waals surface area (Å²) in [5, 5.41) is 8.25. The lowest BCUT2D eigenvalue weighted by Crippen LogP contribution is -2.17. The van der Waals surface area contributed by atoms with Crippen LogP contribution in [0.1, 0.15) is 18.9 Å². The molecule has 0 saturated carbocycles. The molecule has 8 nitrogen and oxygen atoms in total. The normalized spacial score (nSPS) is 13.7. The van der Waals surface area contributed by atoms with Crippen molar-refractivity contribution >= 4 is 31.4 Å². The molecule has 0 radical (unpaired) electrons. The maximum absolute atomic E-state index is 12.8. The SMILES string of the molecule is CCCNc1ccc(S(N)(=O)=O)cc1NS(=O)(=O)c1ccc2c(c1)CCO2. The molecule has 1 aliphatic rings. The molecule has 0 saturated heterocycles. The standard InChI is InChI=1S/C17H21N3O5S2/c1-2-8-19-15-5-3-13(26(18,21)22)11-16(15)20-27(23,24)14-4-6-17-12(10-14)7-9-25-17/h3-6,10-11,19-20H,2,7-9H2,1H3,(H2,18,21,22). The Morgan fingerprint density at radius 1 is 1.04 bits per heavy atom. The summed E-state index contributed by atoms with van der Waals surface area (Å²) in [5.41, 5.74) is 1.41. The van der Waals surface area contributed by atoms with Crippen LogP contribution in [0.3, 0.4) is 0 Å². The summed E-state index contributed by atoms with van der Waals surface area (Å²) in [6.07, 6.45) is 1.46. The summed E-state index contributed by atoms with van der Waals surface area (Å²) in [7, 11) is -7.90. The second-order valence-electron chi connectivity index (χ2n) is 6.15. The Labute approximate surface area is 158 Å². The highest BCUT2D eigenvalue weighted by Gasteiger charge is 2.21. The van der Waals surface area contributed by atoms with Gasteiger partial charge in [-0.15, -0.1) is 0 Å². The fourth-order valence-electron chi connectivity index (χ4n) is 2.73. The Bertz CT molecular complexity index is 1070. The molecule has 0 aliphatic carbocycles. The lowest BCUT2D eigenvalue weighted by Gasteiger charge is -2.15. The van der Waals surface area contributed by atoms with Gasteiger partial charge in [-0.2, -0.15) is 0 Å². The summed E-state index contributed by atoms with van der Waals surface area (Å²) >= 11 is 0. The van der Waals surface area contributed by atoms with E-state index in [9.17, 15) is 16.8 Å². The van der Waals surface area contributed by atoms with Gasteiger partial charge in [0.25, 0.3) is 10.0 Å². The lowest BCUT2D eigenvalue weighted by molar-refractivity contribution is 0.356. The highest BCUT2D eigenvalue weighted by molar-refractivity contribution is 7.92. The molecular weight excluding hydrogens is 390 g/mol. The van der Waals surface area contributed by atoms with Crippen LogP contribution in [-0.4, -0.2) is 30.0 Å². The molecule has 0 fully saturated rings. The minimum Gasteiger partial charge on any atom is -0.493 e. The van der Waals surface area contributed by atoms with Gasteiger partial charge >= 0.3 is 0 Å². The first kappa shape index (κ1) is 19.5. The molecule has 2 aromatic rings. The van der Waals surface area contributed by atoms with Crippen LogP contribution in [0, 0.1) is 0 Å². The monoisotopic (exact) mass is 411 g/mol. The van der Waals surface area contributed by atoms with E-state index in [0.29, 0.717) is 31.0 Å². The number of hydrogen-bond acceptors (Lipinski definition) is 6. The number of nitrogens with one attached hydrogen (secondary N) is 2. The summed E-state index contributed by atoms with van der Waals surface area (Å²) in [4.78, 5) is -0.0983. The van der Waals surface area contributed by atoms with Gasteiger partial charge in [0.15, 0.2) is 0 Å². The molecule has 1 aliphatic heterocycles. The predicted octanol–water partition coefficient (Wildman–Crippen LogP) is 1.89. The molecule has 0 atom stereocenters. The molecule has 0 spiro atoms. The van der Waals surface area contributed by atoms with E-state index < -0.39 is 20.0 Å². The Hall–Kier alpha value is -2.30. The third-order valence-corrected chi connectivity index (χ3v) is 6.37. The molecule has 4 N–H and O–H groups in total. The van der Waals surface area contributed by atoms with Crippen LogP contribution >= 0.6 is 0 Å². The van der Waals surface area contributed by atoms with E-state index in [0.717, 1.165) is 12.0 Å². The summed E-state index contributed by atoms with van der Waals surface area (Å²) in [5.74, 6) is 0.676. The van der Waals surface area contributed by atoms with Gasteiger partial charge in [-0.25, -0.2) is 22.0 Å². The van der Waals surface area contributed by atoms with Gasteiger partial charge in [0.1, 0.15) is 5.75 Å². The van der Waals surface area contributed by atoms with Crippen molar-refractivity contribution in [3.05, 3.63) is 42.0 Å². The van der Waals surface area contributed by atoms with E-state index in [1.54, 1.807) is 12.1 Å². The number of fused-ring (bicyclic) bond motifs is 1. The number of sulfonamides is 2. The second-order valence-corrected chi connectivity index (χ2v) is 9.40. The van der Waals surface area contributed by atoms with Crippen LogP contribution < -0.4 is 19.9 Å². The molecule has 0 unspecified atom stereocenters. The number of hydrogen-bond donors (Lipinski definition) is 3. The maximum atomic E-state index is 12.8. The molecule has 10 heteroatoms. The topological polar surface area (TPSA) is 128 Å². The van der Waals surface area contributed by atoms with E-state index in [1.165, 1.54) is 24.3 Å². The van der Waals surface area contributed by atoms with Crippen molar-refractivity contribution in [2.24, 2.45) is 5.14 Å². The first-order valence-corrected chi connectivity index (χ1v) is 11.4. The summed E-state index contributed by atoms with van der Waals surface area (Å²) in [6, 6.07) is 8.67. The zero-order chi connectivity index (χ0) is 19.7. The van der Waals surface area contributed by atoms with Crippen LogP contribution in [0.15, 0.2) is 46.2 Å². The van der Waals surface area contributed by atoms with Crippen LogP contribution in [0.5, 0.6) is 5.75 Å². The van der Waals surface area contributed by atoms with Gasteiger partial charge in [0, 0.05) is 13.0 Å². The number of rotatable bonds is 7. The van der Waals surface area contributed by atoms with Crippen molar-refractivity contribution in [3.63, 3.8) is 0 Å². The Morgan fingerprint density at radius 2 is 1.78 bits per heavy atom. The van der Waals surface area contributed by atoms with Crippen LogP contribution in [0.25, 0.3) is 0 Å². The van der Waals surface area contributed by atoms with Gasteiger partial charge < -0.3 is 10.1 Å². The molecule has 1 heterocycles. The molecule has 3 rings (SSSR count). The van der Waals surface area contributed by atoms with E-state index >= 15 is 0 Å². The third-order valence-electron chi connectivity index (χ3n) is 4.10. The van der Waals surface area contributed by atoms with Crippen molar-refractivity contribution in [2.45, 2.75) is 29.6 Å². The maximum Gasteiger partial charge on any atom is 0.261 e. The van der Waals surface area contributed by atoms with Gasteiger partial charge in [-0.3, -0.25) is 4.72 Å². The van der Waals surface area contributed by atoms with E-state index in [-0.39, 0.29) is 15.5 Å². The Morgan fingerprint density at radius 3 is 2.48 bits per heavy atom. The zero-order valence-electron chi connectivity index (χ0n) is 14.7. The number of ether oxygens (including phenoxy) is 1. The average Bonchev–Trinajstić information content (AvgIpc) is 3.07. The minimum absolute atomic E-state index is 0.0780. The van der Waals surface area contributed by atoms with Crippen molar-refractivity contribution in [2.75, 3.05) is 23.2 Å². The number of anilines is 2. The lowest BCUT2D eigenvalue weighted by atomic mass is 10.2. The van der Waals surface area contributed by atoms with Crippen LogP contribution in [0.2, 0.25) is 0 Å². The van der Waals surface area contributed by atoms with E-state index in [4.69, 9.17) is 9.88 Å². The quantitative estimate of drug-likeness (QED) is 0.638. The molecule has 0 aromatic heterocycles. The van der Waals surface area contributed by atoms with Crippen molar-refractivity contribution in [1.29, 1.82) is 0 Å². The van der Waals surface area contributed by atoms with Crippen molar-refractivity contribution in [3.8, 4) is 5.75 Å². The van der Waals surface area contributed by atoms with Gasteiger partial charge in [0.2, 0.25) is 10.0 Å². The molecule has 2 aromatic carbocycles. The van der Waals surface area contributed by atoms with Crippen LogP contribution in [-0.2, 0) is 26.5 Å². The largest absolute Gasteiger partial charge is 0.493 e. The molecule has 146 valence electrons. The molecule has 27 heavy (non-hydrogen) atoms. The molecular formula is C17H21N3O5S2. The van der Waals surface area contributed by atoms with Gasteiger partial charge in [0.05, 0.1) is 27.8 Å². The zero-order valence-corrected chi connectivity index (χ0v) is 16.4. The predicted molar refractivity (Wildman–Crippen MR) is 103 cm³/mol. The minimum atomic E-state index is -3.97. The Balaban J connectivity index is 1.99. The average molecular weight is 412 g/mol. The fourth-order valence-corrected chi connectivity index (χ4v) is 4.39. The number of nitrogens with two attached hydrogens (primary N) is 1. The van der Waals surface area contributed by atoms with Crippen molar-refractivity contribution < 1.29 is 21.6 Å². The number of benzene rings is 2. The first-order chi connectivity index (χ1) is 12.7. The molecule has 0 amide bonds. The molecule has 0 bridgehead atoms. The second kappa shape index (κ2) is 7.37. The third kappa shape index (κ3) is 4.34. The highest BCUT2D eigenvalue weighted by Crippen LogP contribution is 2.31.